The first-order valence-corrected chi connectivity index (χ1v) is 7.98. The fraction of sp³-hybridized carbons (Fsp3) is 0.462. The van der Waals surface area contributed by atoms with Crippen molar-refractivity contribution in [3.8, 4) is 5.75 Å². The van der Waals surface area contributed by atoms with Crippen molar-refractivity contribution in [2.75, 3.05) is 24.3 Å². The minimum Gasteiger partial charge on any atom is -0.496 e. The van der Waals surface area contributed by atoms with Gasteiger partial charge in [0.25, 0.3) is 0 Å². The summed E-state index contributed by atoms with van der Waals surface area (Å²) in [6.45, 7) is 2.23. The van der Waals surface area contributed by atoms with Crippen molar-refractivity contribution in [3.63, 3.8) is 0 Å². The van der Waals surface area contributed by atoms with Crippen molar-refractivity contribution in [2.45, 2.75) is 13.3 Å². The minimum absolute atomic E-state index is 0.0880. The monoisotopic (exact) mass is 298 g/mol. The zero-order valence-electron chi connectivity index (χ0n) is 11.5. The topological polar surface area (TPSA) is 89.7 Å². The molecule has 0 saturated carbocycles. The molecule has 1 fully saturated rings. The van der Waals surface area contributed by atoms with Crippen molar-refractivity contribution < 1.29 is 17.9 Å². The van der Waals surface area contributed by atoms with E-state index >= 15 is 0 Å². The second-order valence-corrected chi connectivity index (χ2v) is 6.67. The minimum atomic E-state index is -3.56. The summed E-state index contributed by atoms with van der Waals surface area (Å²) in [5.74, 6) is 0.182. The Hall–Kier alpha value is -1.60. The highest BCUT2D eigenvalue weighted by Gasteiger charge is 2.33. The first kappa shape index (κ1) is 14.8. The number of nitrogens with zero attached hydrogens (tertiary/aromatic N) is 1. The van der Waals surface area contributed by atoms with Crippen LogP contribution < -0.4 is 14.8 Å². The molecular formula is C13H18N2O4S. The average Bonchev–Trinajstić information content (AvgIpc) is 2.68. The van der Waals surface area contributed by atoms with Crippen LogP contribution in [0, 0.1) is 12.8 Å². The molecule has 2 N–H and O–H groups in total. The van der Waals surface area contributed by atoms with Gasteiger partial charge in [-0.3, -0.25) is 4.79 Å². The SMILES string of the molecule is COc1cccc(N2CC(CS(N)(=O)=O)CC2=O)c1C. The first-order chi connectivity index (χ1) is 9.31. The summed E-state index contributed by atoms with van der Waals surface area (Å²) in [5, 5.41) is 5.04. The number of benzene rings is 1. The van der Waals surface area contributed by atoms with Crippen LogP contribution in [0.2, 0.25) is 0 Å². The number of carbonyl (C=O) groups is 1. The molecule has 1 aliphatic rings. The van der Waals surface area contributed by atoms with E-state index in [2.05, 4.69) is 0 Å². The highest BCUT2D eigenvalue weighted by molar-refractivity contribution is 7.89. The van der Waals surface area contributed by atoms with Crippen LogP contribution >= 0.6 is 0 Å². The molecule has 0 spiro atoms. The van der Waals surface area contributed by atoms with Crippen molar-refractivity contribution in [1.82, 2.24) is 0 Å². The normalized spacial score (nSPS) is 19.4. The van der Waals surface area contributed by atoms with Crippen LogP contribution in [0.25, 0.3) is 0 Å². The third kappa shape index (κ3) is 3.10. The number of nitrogens with two attached hydrogens (primary N) is 1. The Morgan fingerprint density at radius 3 is 2.75 bits per heavy atom. The number of primary sulfonamides is 1. The van der Waals surface area contributed by atoms with Gasteiger partial charge in [-0.1, -0.05) is 6.07 Å². The van der Waals surface area contributed by atoms with Crippen LogP contribution in [0.15, 0.2) is 18.2 Å². The Balaban J connectivity index is 2.24. The molecule has 0 aliphatic carbocycles. The molecule has 1 atom stereocenters. The molecule has 1 amide bonds. The maximum Gasteiger partial charge on any atom is 0.227 e. The number of amides is 1. The smallest absolute Gasteiger partial charge is 0.227 e. The number of anilines is 1. The molecule has 1 aromatic rings. The first-order valence-electron chi connectivity index (χ1n) is 6.26. The van der Waals surface area contributed by atoms with Crippen LogP contribution in [0.1, 0.15) is 12.0 Å². The quantitative estimate of drug-likeness (QED) is 0.883. The molecule has 1 unspecified atom stereocenters. The van der Waals surface area contributed by atoms with E-state index in [0.717, 1.165) is 11.3 Å². The van der Waals surface area contributed by atoms with E-state index in [9.17, 15) is 13.2 Å². The number of hydrogen-bond donors (Lipinski definition) is 1. The van der Waals surface area contributed by atoms with Gasteiger partial charge in [-0.2, -0.15) is 0 Å². The van der Waals surface area contributed by atoms with Gasteiger partial charge in [-0.05, 0) is 19.1 Å². The Morgan fingerprint density at radius 1 is 1.45 bits per heavy atom. The molecule has 2 rings (SSSR count). The van der Waals surface area contributed by atoms with E-state index < -0.39 is 10.0 Å². The van der Waals surface area contributed by atoms with Gasteiger partial charge >= 0.3 is 0 Å². The molecule has 0 bridgehead atoms. The van der Waals surface area contributed by atoms with E-state index in [-0.39, 0.29) is 24.0 Å². The Bertz CT molecular complexity index is 627. The summed E-state index contributed by atoms with van der Waals surface area (Å²) >= 11 is 0. The lowest BCUT2D eigenvalue weighted by Gasteiger charge is -2.20. The van der Waals surface area contributed by atoms with Crippen LogP contribution in [0.4, 0.5) is 5.69 Å². The predicted octanol–water partition coefficient (Wildman–Crippen LogP) is 0.645. The van der Waals surface area contributed by atoms with Gasteiger partial charge in [0.2, 0.25) is 15.9 Å². The number of methoxy groups -OCH3 is 1. The second-order valence-electron chi connectivity index (χ2n) is 5.01. The average molecular weight is 298 g/mol. The Labute approximate surface area is 118 Å². The number of carbonyl (C=O) groups excluding carboxylic acids is 1. The van der Waals surface area contributed by atoms with Gasteiger partial charge in [0.1, 0.15) is 5.75 Å². The summed E-state index contributed by atoms with van der Waals surface area (Å²) in [6, 6.07) is 5.46. The Kier molecular flexibility index (Phi) is 4.01. The van der Waals surface area contributed by atoms with Crippen molar-refractivity contribution in [3.05, 3.63) is 23.8 Å². The van der Waals surface area contributed by atoms with E-state index in [1.54, 1.807) is 18.1 Å². The van der Waals surface area contributed by atoms with Crippen molar-refractivity contribution >= 4 is 21.6 Å². The highest BCUT2D eigenvalue weighted by Crippen LogP contribution is 2.32. The molecule has 6 nitrogen and oxygen atoms in total. The largest absolute Gasteiger partial charge is 0.496 e. The molecule has 7 heteroatoms. The molecule has 1 saturated heterocycles. The summed E-state index contributed by atoms with van der Waals surface area (Å²) in [6.07, 6.45) is 0.201. The fourth-order valence-electron chi connectivity index (χ4n) is 2.57. The molecule has 1 aromatic carbocycles. The van der Waals surface area contributed by atoms with E-state index in [4.69, 9.17) is 9.88 Å². The summed E-state index contributed by atoms with van der Waals surface area (Å²) in [4.78, 5) is 13.7. The van der Waals surface area contributed by atoms with E-state index in [1.807, 2.05) is 19.1 Å². The van der Waals surface area contributed by atoms with Crippen LogP contribution in [0.3, 0.4) is 0 Å². The number of ether oxygens (including phenoxy) is 1. The van der Waals surface area contributed by atoms with Gasteiger partial charge in [0, 0.05) is 24.4 Å². The lowest BCUT2D eigenvalue weighted by atomic mass is 10.1. The lowest BCUT2D eigenvalue weighted by molar-refractivity contribution is -0.117. The van der Waals surface area contributed by atoms with Crippen molar-refractivity contribution in [2.24, 2.45) is 11.1 Å². The third-order valence-corrected chi connectivity index (χ3v) is 4.38. The zero-order valence-corrected chi connectivity index (χ0v) is 12.3. The lowest BCUT2D eigenvalue weighted by Crippen LogP contribution is -2.28. The van der Waals surface area contributed by atoms with Gasteiger partial charge in [-0.15, -0.1) is 0 Å². The van der Waals surface area contributed by atoms with Crippen molar-refractivity contribution in [1.29, 1.82) is 0 Å². The number of rotatable bonds is 4. The highest BCUT2D eigenvalue weighted by atomic mass is 32.2. The maximum absolute atomic E-state index is 12.1. The molecule has 0 radical (unpaired) electrons. The maximum atomic E-state index is 12.1. The molecule has 1 aliphatic heterocycles. The van der Waals surface area contributed by atoms with Gasteiger partial charge < -0.3 is 9.64 Å². The van der Waals surface area contributed by atoms with Crippen LogP contribution in [-0.2, 0) is 14.8 Å². The molecule has 1 heterocycles. The van der Waals surface area contributed by atoms with E-state index in [0.29, 0.717) is 12.3 Å². The Morgan fingerprint density at radius 2 is 2.15 bits per heavy atom. The third-order valence-electron chi connectivity index (χ3n) is 3.44. The molecule has 20 heavy (non-hydrogen) atoms. The molecule has 0 aromatic heterocycles. The standard InChI is InChI=1S/C13H18N2O4S/c1-9-11(4-3-5-12(9)19-2)15-7-10(6-13(15)16)8-20(14,17)18/h3-5,10H,6-8H2,1-2H3,(H2,14,17,18). The predicted molar refractivity (Wildman–Crippen MR) is 76.2 cm³/mol. The summed E-state index contributed by atoms with van der Waals surface area (Å²) < 4.78 is 27.5. The van der Waals surface area contributed by atoms with Crippen LogP contribution in [-0.4, -0.2) is 33.7 Å². The second kappa shape index (κ2) is 5.41. The van der Waals surface area contributed by atoms with Gasteiger partial charge in [0.15, 0.2) is 0 Å². The number of hydrogen-bond acceptors (Lipinski definition) is 4. The van der Waals surface area contributed by atoms with Gasteiger partial charge in [0.05, 0.1) is 18.6 Å². The summed E-state index contributed by atoms with van der Waals surface area (Å²) in [5.41, 5.74) is 1.62. The fourth-order valence-corrected chi connectivity index (χ4v) is 3.45. The van der Waals surface area contributed by atoms with E-state index in [1.165, 1.54) is 0 Å². The molecule has 110 valence electrons. The number of sulfonamides is 1. The molecular weight excluding hydrogens is 280 g/mol. The summed E-state index contributed by atoms with van der Waals surface area (Å²) in [7, 11) is -1.99. The zero-order chi connectivity index (χ0) is 14.9. The van der Waals surface area contributed by atoms with Gasteiger partial charge in [-0.25, -0.2) is 13.6 Å². The van der Waals surface area contributed by atoms with Crippen LogP contribution in [0.5, 0.6) is 5.75 Å².